The third-order valence-corrected chi connectivity index (χ3v) is 5.99. The van der Waals surface area contributed by atoms with Crippen LogP contribution in [-0.2, 0) is 13.1 Å². The molecule has 0 radical (unpaired) electrons. The molecule has 2 bridgehead atoms. The molecule has 2 aromatic rings. The van der Waals surface area contributed by atoms with E-state index in [9.17, 15) is 0 Å². The molecule has 0 spiro atoms. The van der Waals surface area contributed by atoms with Gasteiger partial charge in [-0.25, -0.2) is 4.98 Å². The molecule has 5 nitrogen and oxygen atoms in total. The van der Waals surface area contributed by atoms with Gasteiger partial charge in [-0.05, 0) is 44.8 Å². The van der Waals surface area contributed by atoms with Crippen molar-refractivity contribution in [2.24, 2.45) is 11.8 Å². The molecule has 2 heterocycles. The highest BCUT2D eigenvalue weighted by Crippen LogP contribution is 2.39. The molecule has 0 amide bonds. The third-order valence-electron chi connectivity index (χ3n) is 5.99. The highest BCUT2D eigenvalue weighted by molar-refractivity contribution is 5.33. The number of benzene rings is 1. The van der Waals surface area contributed by atoms with Gasteiger partial charge in [0.2, 0.25) is 0 Å². The van der Waals surface area contributed by atoms with Crippen molar-refractivity contribution in [1.29, 1.82) is 0 Å². The van der Waals surface area contributed by atoms with Crippen molar-refractivity contribution in [1.82, 2.24) is 19.4 Å². The van der Waals surface area contributed by atoms with Gasteiger partial charge in [-0.15, -0.1) is 0 Å². The summed E-state index contributed by atoms with van der Waals surface area (Å²) in [7, 11) is 4.49. The SMILES string of the molecule is CN(C)C1[C@@H]2CC[C@H]1CN(Cc1ccccc1OCCn1ccnc1)C2. The fraction of sp³-hybridized carbons (Fsp3) is 0.571. The second-order valence-electron chi connectivity index (χ2n) is 8.00. The number of ether oxygens (including phenoxy) is 1. The minimum absolute atomic E-state index is 0.668. The van der Waals surface area contributed by atoms with Crippen molar-refractivity contribution in [2.45, 2.75) is 32.0 Å². The molecule has 140 valence electrons. The average molecular weight is 354 g/mol. The minimum Gasteiger partial charge on any atom is -0.491 e. The Balaban J connectivity index is 1.36. The summed E-state index contributed by atoms with van der Waals surface area (Å²) in [5.74, 6) is 2.66. The van der Waals surface area contributed by atoms with Gasteiger partial charge < -0.3 is 14.2 Å². The van der Waals surface area contributed by atoms with Crippen LogP contribution in [0.15, 0.2) is 43.0 Å². The number of likely N-dealkylation sites (tertiary alicyclic amines) is 1. The molecule has 1 unspecified atom stereocenters. The lowest BCUT2D eigenvalue weighted by Crippen LogP contribution is -2.50. The van der Waals surface area contributed by atoms with Gasteiger partial charge in [0.05, 0.1) is 12.9 Å². The van der Waals surface area contributed by atoms with Gasteiger partial charge in [-0.3, -0.25) is 4.90 Å². The quantitative estimate of drug-likeness (QED) is 0.766. The van der Waals surface area contributed by atoms with Crippen LogP contribution in [0.4, 0.5) is 0 Å². The molecule has 5 heteroatoms. The average Bonchev–Trinajstić information content (AvgIpc) is 3.23. The van der Waals surface area contributed by atoms with Crippen LogP contribution >= 0.6 is 0 Å². The van der Waals surface area contributed by atoms with E-state index in [0.29, 0.717) is 6.61 Å². The van der Waals surface area contributed by atoms with Gasteiger partial charge in [0, 0.05) is 43.6 Å². The smallest absolute Gasteiger partial charge is 0.123 e. The van der Waals surface area contributed by atoms with Crippen molar-refractivity contribution >= 4 is 0 Å². The van der Waals surface area contributed by atoms with Crippen LogP contribution < -0.4 is 4.74 Å². The van der Waals surface area contributed by atoms with Crippen LogP contribution in [0.2, 0.25) is 0 Å². The Morgan fingerprint density at radius 3 is 2.62 bits per heavy atom. The van der Waals surface area contributed by atoms with Gasteiger partial charge in [0.25, 0.3) is 0 Å². The topological polar surface area (TPSA) is 33.5 Å². The summed E-state index contributed by atoms with van der Waals surface area (Å²) in [6, 6.07) is 9.28. The van der Waals surface area contributed by atoms with Crippen molar-refractivity contribution in [2.75, 3.05) is 33.8 Å². The van der Waals surface area contributed by atoms with Crippen LogP contribution in [0.25, 0.3) is 0 Å². The summed E-state index contributed by atoms with van der Waals surface area (Å²) in [6.07, 6.45) is 8.37. The summed E-state index contributed by atoms with van der Waals surface area (Å²) in [4.78, 5) is 9.17. The van der Waals surface area contributed by atoms with Crippen molar-refractivity contribution in [3.05, 3.63) is 48.5 Å². The Kier molecular flexibility index (Phi) is 5.27. The lowest BCUT2D eigenvalue weighted by Gasteiger charge is -2.41. The Morgan fingerprint density at radius 1 is 1.15 bits per heavy atom. The standard InChI is InChI=1S/C21H30N4O/c1-23(2)21-18-7-8-19(21)15-25(14-18)13-17-5-3-4-6-20(17)26-12-11-24-10-9-22-16-24/h3-6,9-10,16,18-19,21H,7-8,11-15H2,1-2H3/t18-,19+,21?. The predicted octanol–water partition coefficient (Wildman–Crippen LogP) is 2.73. The molecule has 2 fully saturated rings. The van der Waals surface area contributed by atoms with Gasteiger partial charge in [-0.2, -0.15) is 0 Å². The van der Waals surface area contributed by atoms with Crippen LogP contribution in [0.3, 0.4) is 0 Å². The Labute approximate surface area is 156 Å². The zero-order valence-electron chi connectivity index (χ0n) is 15.9. The van der Waals surface area contributed by atoms with Crippen LogP contribution in [0, 0.1) is 11.8 Å². The second kappa shape index (κ2) is 7.80. The first-order valence-corrected chi connectivity index (χ1v) is 9.76. The summed E-state index contributed by atoms with van der Waals surface area (Å²) < 4.78 is 8.15. The summed E-state index contributed by atoms with van der Waals surface area (Å²) in [6.45, 7) is 4.91. The lowest BCUT2D eigenvalue weighted by atomic mass is 9.91. The van der Waals surface area contributed by atoms with Crippen LogP contribution in [0.5, 0.6) is 5.75 Å². The zero-order valence-corrected chi connectivity index (χ0v) is 15.9. The molecular formula is C21H30N4O. The number of hydrogen-bond donors (Lipinski definition) is 0. The number of para-hydroxylation sites is 1. The van der Waals surface area contributed by atoms with Crippen molar-refractivity contribution in [3.8, 4) is 5.75 Å². The van der Waals surface area contributed by atoms with Gasteiger partial charge in [0.1, 0.15) is 12.4 Å². The first kappa shape index (κ1) is 17.6. The first-order chi connectivity index (χ1) is 12.7. The minimum atomic E-state index is 0.668. The second-order valence-corrected chi connectivity index (χ2v) is 8.00. The summed E-state index contributed by atoms with van der Waals surface area (Å²) in [5, 5.41) is 0. The summed E-state index contributed by atoms with van der Waals surface area (Å²) >= 11 is 0. The molecule has 1 aromatic carbocycles. The molecule has 1 aliphatic carbocycles. The summed E-state index contributed by atoms with van der Waals surface area (Å²) in [5.41, 5.74) is 1.31. The lowest BCUT2D eigenvalue weighted by molar-refractivity contribution is 0.0708. The highest BCUT2D eigenvalue weighted by Gasteiger charge is 2.42. The molecule has 2 aliphatic rings. The number of piperidine rings is 1. The van der Waals surface area contributed by atoms with E-state index in [2.05, 4.69) is 53.1 Å². The van der Waals surface area contributed by atoms with Gasteiger partial charge in [-0.1, -0.05) is 18.2 Å². The molecule has 26 heavy (non-hydrogen) atoms. The highest BCUT2D eigenvalue weighted by atomic mass is 16.5. The maximum atomic E-state index is 6.10. The Bertz CT molecular complexity index is 686. The van der Waals surface area contributed by atoms with Crippen LogP contribution in [0.1, 0.15) is 18.4 Å². The molecule has 0 N–H and O–H groups in total. The monoisotopic (exact) mass is 354 g/mol. The molecule has 1 saturated carbocycles. The fourth-order valence-corrected chi connectivity index (χ4v) is 4.96. The van der Waals surface area contributed by atoms with E-state index in [1.165, 1.54) is 31.5 Å². The Morgan fingerprint density at radius 2 is 1.92 bits per heavy atom. The number of aromatic nitrogens is 2. The van der Waals surface area contributed by atoms with Gasteiger partial charge >= 0.3 is 0 Å². The van der Waals surface area contributed by atoms with E-state index in [1.807, 2.05) is 17.1 Å². The third kappa shape index (κ3) is 3.79. The van der Waals surface area contributed by atoms with Crippen molar-refractivity contribution in [3.63, 3.8) is 0 Å². The maximum Gasteiger partial charge on any atom is 0.123 e. The number of rotatable bonds is 7. The molecule has 1 aliphatic heterocycles. The number of imidazole rings is 1. The molecule has 3 atom stereocenters. The van der Waals surface area contributed by atoms with E-state index >= 15 is 0 Å². The maximum absolute atomic E-state index is 6.10. The first-order valence-electron chi connectivity index (χ1n) is 9.76. The number of nitrogens with zero attached hydrogens (tertiary/aromatic N) is 4. The normalized spacial score (nSPS) is 25.7. The van der Waals surface area contributed by atoms with E-state index in [-0.39, 0.29) is 0 Å². The van der Waals surface area contributed by atoms with Crippen molar-refractivity contribution < 1.29 is 4.74 Å². The van der Waals surface area contributed by atoms with E-state index in [4.69, 9.17) is 4.74 Å². The van der Waals surface area contributed by atoms with E-state index in [0.717, 1.165) is 36.7 Å². The zero-order chi connectivity index (χ0) is 17.9. The largest absolute Gasteiger partial charge is 0.491 e. The van der Waals surface area contributed by atoms with Gasteiger partial charge in [0.15, 0.2) is 0 Å². The van der Waals surface area contributed by atoms with E-state index < -0.39 is 0 Å². The molecular weight excluding hydrogens is 324 g/mol. The number of hydrogen-bond acceptors (Lipinski definition) is 4. The molecule has 1 aromatic heterocycles. The predicted molar refractivity (Wildman–Crippen MR) is 103 cm³/mol. The van der Waals surface area contributed by atoms with E-state index in [1.54, 1.807) is 6.20 Å². The van der Waals surface area contributed by atoms with Crippen LogP contribution in [-0.4, -0.2) is 59.2 Å². The fourth-order valence-electron chi connectivity index (χ4n) is 4.96. The Hall–Kier alpha value is -1.85. The molecule has 4 rings (SSSR count). The number of fused-ring (bicyclic) bond motifs is 2. The molecule has 1 saturated heterocycles.